The van der Waals surface area contributed by atoms with Crippen LogP contribution in [-0.4, -0.2) is 56.1 Å². The summed E-state index contributed by atoms with van der Waals surface area (Å²) in [5.74, 6) is 1.58. The Bertz CT molecular complexity index is 3790. The summed E-state index contributed by atoms with van der Waals surface area (Å²) >= 11 is 0. The van der Waals surface area contributed by atoms with Crippen LogP contribution in [0.1, 0.15) is 90.9 Å². The van der Waals surface area contributed by atoms with Crippen molar-refractivity contribution in [3.63, 3.8) is 0 Å². The maximum atomic E-state index is 13.9. The highest BCUT2D eigenvalue weighted by molar-refractivity contribution is 5.83. The summed E-state index contributed by atoms with van der Waals surface area (Å²) in [6.07, 6.45) is 12.4. The number of rotatable bonds is 20. The summed E-state index contributed by atoms with van der Waals surface area (Å²) in [6, 6.07) is 23.4. The second-order valence-electron chi connectivity index (χ2n) is 19.8. The number of benzene rings is 3. The van der Waals surface area contributed by atoms with Crippen LogP contribution in [0.15, 0.2) is 102 Å². The molecule has 0 atom stereocenters. The smallest absolute Gasteiger partial charge is 0.321 e. The van der Waals surface area contributed by atoms with Gasteiger partial charge < -0.3 is 18.6 Å². The lowest BCUT2D eigenvalue weighted by Crippen LogP contribution is -2.39. The lowest BCUT2D eigenvalue weighted by molar-refractivity contribution is 0.526. The molecule has 9 rings (SSSR count). The van der Waals surface area contributed by atoms with Gasteiger partial charge in [-0.2, -0.15) is 0 Å². The molecule has 19 heteroatoms. The molecule has 0 fully saturated rings. The molecular weight excluding hydrogens is 951 g/mol. The summed E-state index contributed by atoms with van der Waals surface area (Å²) in [7, 11) is 11.7. The predicted molar refractivity (Wildman–Crippen MR) is 296 cm³/mol. The molecule has 6 aromatic heterocycles. The van der Waals surface area contributed by atoms with Gasteiger partial charge in [-0.25, -0.2) is 29.3 Å². The van der Waals surface area contributed by atoms with Crippen molar-refractivity contribution in [2.45, 2.75) is 104 Å². The zero-order chi connectivity index (χ0) is 53.4. The second-order valence-corrected chi connectivity index (χ2v) is 19.8. The molecular formula is C56H67N13O6. The van der Waals surface area contributed by atoms with E-state index in [-0.39, 0.29) is 28.1 Å². The number of aromatic nitrogens is 12. The average Bonchev–Trinajstić information content (AvgIpc) is 4.08. The average molecular weight is 1020 g/mol. The first-order chi connectivity index (χ1) is 36.1. The van der Waals surface area contributed by atoms with E-state index in [0.29, 0.717) is 58.4 Å². The fraction of sp³-hybridized carbons (Fsp3) is 0.411. The third-order valence-corrected chi connectivity index (χ3v) is 14.8. The molecule has 0 aliphatic carbocycles. The molecule has 0 amide bonds. The summed E-state index contributed by atoms with van der Waals surface area (Å²) < 4.78 is 13.2. The van der Waals surface area contributed by atoms with Gasteiger partial charge in [-0.15, -0.1) is 0 Å². The van der Waals surface area contributed by atoms with Crippen molar-refractivity contribution in [2.75, 3.05) is 4.90 Å². The molecule has 19 nitrogen and oxygen atoms in total. The van der Waals surface area contributed by atoms with E-state index >= 15 is 0 Å². The first kappa shape index (κ1) is 51.8. The number of unbranched alkanes of at least 4 members (excludes halogenated alkanes) is 10. The van der Waals surface area contributed by atoms with Crippen LogP contribution in [0.25, 0.3) is 67.7 Å². The van der Waals surface area contributed by atoms with Gasteiger partial charge in [-0.3, -0.25) is 41.8 Å². The molecule has 0 aliphatic rings. The zero-order valence-electron chi connectivity index (χ0n) is 44.6. The van der Waals surface area contributed by atoms with Gasteiger partial charge in [-0.1, -0.05) is 78.1 Å². The third-order valence-electron chi connectivity index (χ3n) is 14.8. The fourth-order valence-corrected chi connectivity index (χ4v) is 10.4. The van der Waals surface area contributed by atoms with Crippen molar-refractivity contribution < 1.29 is 0 Å². The minimum Gasteiger partial charge on any atom is -0.321 e. The van der Waals surface area contributed by atoms with E-state index in [0.717, 1.165) is 103 Å². The Morgan fingerprint density at radius 1 is 0.347 bits per heavy atom. The lowest BCUT2D eigenvalue weighted by Gasteiger charge is -2.26. The predicted octanol–water partition coefficient (Wildman–Crippen LogP) is 7.66. The normalized spacial score (nSPS) is 11.8. The lowest BCUT2D eigenvalue weighted by atomic mass is 10.1. The largest absolute Gasteiger partial charge is 0.332 e. The molecule has 0 aliphatic heterocycles. The number of imidazole rings is 3. The van der Waals surface area contributed by atoms with Crippen LogP contribution in [0.3, 0.4) is 0 Å². The highest BCUT2D eigenvalue weighted by Crippen LogP contribution is 2.38. The first-order valence-corrected chi connectivity index (χ1v) is 26.2. The van der Waals surface area contributed by atoms with Crippen molar-refractivity contribution in [1.29, 1.82) is 0 Å². The number of anilines is 3. The van der Waals surface area contributed by atoms with Crippen LogP contribution in [0.5, 0.6) is 0 Å². The van der Waals surface area contributed by atoms with Gasteiger partial charge >= 0.3 is 17.1 Å². The minimum atomic E-state index is -0.465. The number of hydrogen-bond acceptors (Lipinski definition) is 10. The number of aryl methyl sites for hydroxylation is 6. The van der Waals surface area contributed by atoms with Gasteiger partial charge in [0.1, 0.15) is 17.5 Å². The van der Waals surface area contributed by atoms with Crippen molar-refractivity contribution in [2.24, 2.45) is 49.3 Å². The SMILES string of the molecule is CCCCCCCCn1c(=O)c2c(nc(-c3ccc(N(c4ccc(-c5nc6c(c(=O)n(C)c(=O)n6C)n5C)cc4)c4ccc(-c5nc6c(c(=O)n(CCCCCCCC)c(=O)n6C)n5C)cc4)cc3)n2C)n(C)c1=O. The molecule has 0 saturated heterocycles. The molecule has 0 spiro atoms. The molecule has 392 valence electrons. The maximum Gasteiger partial charge on any atom is 0.332 e. The molecule has 3 aromatic carbocycles. The van der Waals surface area contributed by atoms with Crippen molar-refractivity contribution >= 4 is 50.6 Å². The van der Waals surface area contributed by atoms with Crippen molar-refractivity contribution in [3.05, 3.63) is 135 Å². The Labute approximate surface area is 432 Å². The van der Waals surface area contributed by atoms with E-state index in [9.17, 15) is 28.8 Å². The number of fused-ring (bicyclic) bond motifs is 3. The molecule has 0 bridgehead atoms. The zero-order valence-corrected chi connectivity index (χ0v) is 44.6. The summed E-state index contributed by atoms with van der Waals surface area (Å²) in [5, 5.41) is 0. The molecule has 75 heavy (non-hydrogen) atoms. The number of hydrogen-bond donors (Lipinski definition) is 0. The molecule has 0 radical (unpaired) electrons. The topological polar surface area (TPSA) is 189 Å². The van der Waals surface area contributed by atoms with Crippen LogP contribution < -0.4 is 38.6 Å². The molecule has 0 unspecified atom stereocenters. The van der Waals surface area contributed by atoms with Crippen molar-refractivity contribution in [3.8, 4) is 34.2 Å². The highest BCUT2D eigenvalue weighted by atomic mass is 16.2. The van der Waals surface area contributed by atoms with Gasteiger partial charge in [0, 0.05) is 96.2 Å². The van der Waals surface area contributed by atoms with Crippen LogP contribution in [0.4, 0.5) is 17.1 Å². The number of nitrogens with zero attached hydrogens (tertiary/aromatic N) is 13. The van der Waals surface area contributed by atoms with Crippen LogP contribution in [0, 0.1) is 0 Å². The van der Waals surface area contributed by atoms with E-state index in [1.807, 2.05) is 72.8 Å². The van der Waals surface area contributed by atoms with E-state index in [4.69, 9.17) is 15.0 Å². The monoisotopic (exact) mass is 1020 g/mol. The van der Waals surface area contributed by atoms with Gasteiger partial charge in [0.15, 0.2) is 33.5 Å². The Hall–Kier alpha value is -8.09. The summed E-state index contributed by atoms with van der Waals surface area (Å²) in [4.78, 5) is 97.5. The minimum absolute atomic E-state index is 0.287. The van der Waals surface area contributed by atoms with Gasteiger partial charge in [0.05, 0.1) is 0 Å². The molecule has 6 heterocycles. The third kappa shape index (κ3) is 9.33. The van der Waals surface area contributed by atoms with Crippen LogP contribution >= 0.6 is 0 Å². The van der Waals surface area contributed by atoms with E-state index in [2.05, 4.69) is 18.7 Å². The quantitative estimate of drug-likeness (QED) is 0.0686. The Morgan fingerprint density at radius 2 is 0.640 bits per heavy atom. The molecule has 9 aromatic rings. The first-order valence-electron chi connectivity index (χ1n) is 26.2. The van der Waals surface area contributed by atoms with Gasteiger partial charge in [-0.05, 0) is 85.6 Å². The van der Waals surface area contributed by atoms with Gasteiger partial charge in [0.25, 0.3) is 16.7 Å². The molecule has 0 N–H and O–H groups in total. The summed E-state index contributed by atoms with van der Waals surface area (Å²) in [6.45, 7) is 5.04. The van der Waals surface area contributed by atoms with E-state index in [1.165, 1.54) is 42.7 Å². The van der Waals surface area contributed by atoms with Gasteiger partial charge in [0.2, 0.25) is 0 Å². The van der Waals surface area contributed by atoms with E-state index < -0.39 is 11.2 Å². The Balaban J connectivity index is 1.08. The standard InChI is InChI=1S/C56H67N13O6/c1-10-12-14-16-18-20-34-67-52(71)43-49(64(7)55(67)74)58-46(61(43)4)37-24-30-40(31-25-37)69(39-28-22-36(23-29-39)45-57-48-42(60(45)3)51(70)66(9)54(73)63(48)6)41-32-26-38(27-33-41)47-59-50-44(62(47)5)53(72)68(56(75)65(50)8)35-21-19-17-15-13-11-2/h22-33H,10-21,34-35H2,1-9H3. The van der Waals surface area contributed by atoms with Crippen LogP contribution in [0.2, 0.25) is 0 Å². The van der Waals surface area contributed by atoms with E-state index in [1.54, 1.807) is 56.0 Å². The Kier molecular flexibility index (Phi) is 14.8. The van der Waals surface area contributed by atoms with Crippen molar-refractivity contribution in [1.82, 2.24) is 56.1 Å². The maximum absolute atomic E-state index is 13.9. The summed E-state index contributed by atoms with van der Waals surface area (Å²) in [5.41, 5.74) is 4.12. The second kappa shape index (κ2) is 21.4. The Morgan fingerprint density at radius 3 is 0.973 bits per heavy atom. The van der Waals surface area contributed by atoms with Crippen LogP contribution in [-0.2, 0) is 62.4 Å². The molecule has 0 saturated carbocycles. The fourth-order valence-electron chi connectivity index (χ4n) is 10.4. The highest BCUT2D eigenvalue weighted by Gasteiger charge is 2.24.